The van der Waals surface area contributed by atoms with Crippen LogP contribution in [-0.4, -0.2) is 16.6 Å². The predicted octanol–water partition coefficient (Wildman–Crippen LogP) is 4.48. The molecular formula is C17H19ClN2O. The summed E-state index contributed by atoms with van der Waals surface area (Å²) < 4.78 is 5.71. The Bertz CT molecular complexity index is 647. The number of ether oxygens (including phenoxy) is 1. The second-order valence-electron chi connectivity index (χ2n) is 5.75. The molecule has 2 aromatic rings. The molecule has 0 bridgehead atoms. The zero-order valence-electron chi connectivity index (χ0n) is 12.6. The SMILES string of the molecule is Cc1nc(C2CCOc3ccccc32)nc(Cl)c1C(C)C. The summed E-state index contributed by atoms with van der Waals surface area (Å²) in [7, 11) is 0. The molecule has 3 rings (SSSR count). The number of aromatic nitrogens is 2. The van der Waals surface area contributed by atoms with E-state index < -0.39 is 0 Å². The van der Waals surface area contributed by atoms with Gasteiger partial charge in [-0.1, -0.05) is 43.6 Å². The largest absolute Gasteiger partial charge is 0.493 e. The summed E-state index contributed by atoms with van der Waals surface area (Å²) in [6, 6.07) is 8.10. The van der Waals surface area contributed by atoms with Gasteiger partial charge in [-0.2, -0.15) is 0 Å². The summed E-state index contributed by atoms with van der Waals surface area (Å²) in [6.07, 6.45) is 0.883. The van der Waals surface area contributed by atoms with Gasteiger partial charge in [-0.05, 0) is 25.3 Å². The maximum atomic E-state index is 6.39. The molecule has 21 heavy (non-hydrogen) atoms. The fourth-order valence-corrected chi connectivity index (χ4v) is 3.43. The van der Waals surface area contributed by atoms with Crippen LogP contribution in [0.1, 0.15) is 54.7 Å². The Kier molecular flexibility index (Phi) is 3.85. The number of hydrogen-bond donors (Lipinski definition) is 0. The second kappa shape index (κ2) is 5.64. The number of fused-ring (bicyclic) bond motifs is 1. The van der Waals surface area contributed by atoms with Crippen LogP contribution in [-0.2, 0) is 0 Å². The monoisotopic (exact) mass is 302 g/mol. The number of benzene rings is 1. The molecule has 110 valence electrons. The summed E-state index contributed by atoms with van der Waals surface area (Å²) >= 11 is 6.39. The van der Waals surface area contributed by atoms with Gasteiger partial charge in [0, 0.05) is 16.8 Å². The lowest BCUT2D eigenvalue weighted by Crippen LogP contribution is -2.18. The Labute approximate surface area is 130 Å². The van der Waals surface area contributed by atoms with Crippen LogP contribution in [0.5, 0.6) is 5.75 Å². The predicted molar refractivity (Wildman–Crippen MR) is 84.3 cm³/mol. The average molecular weight is 303 g/mol. The van der Waals surface area contributed by atoms with E-state index >= 15 is 0 Å². The van der Waals surface area contributed by atoms with E-state index in [0.29, 0.717) is 17.7 Å². The van der Waals surface area contributed by atoms with Gasteiger partial charge in [-0.3, -0.25) is 0 Å². The number of aryl methyl sites for hydroxylation is 1. The van der Waals surface area contributed by atoms with Crippen molar-refractivity contribution in [3.05, 3.63) is 52.1 Å². The van der Waals surface area contributed by atoms with Gasteiger partial charge in [0.15, 0.2) is 0 Å². The molecule has 0 amide bonds. The number of hydrogen-bond acceptors (Lipinski definition) is 3. The van der Waals surface area contributed by atoms with Gasteiger partial charge in [-0.25, -0.2) is 9.97 Å². The summed E-state index contributed by atoms with van der Waals surface area (Å²) in [4.78, 5) is 9.30. The third-order valence-corrected chi connectivity index (χ3v) is 4.24. The van der Waals surface area contributed by atoms with Crippen LogP contribution in [0, 0.1) is 6.92 Å². The van der Waals surface area contributed by atoms with Gasteiger partial charge in [0.1, 0.15) is 16.7 Å². The molecule has 0 saturated carbocycles. The molecule has 4 heteroatoms. The van der Waals surface area contributed by atoms with Crippen LogP contribution in [0.4, 0.5) is 0 Å². The van der Waals surface area contributed by atoms with Gasteiger partial charge in [0.2, 0.25) is 0 Å². The van der Waals surface area contributed by atoms with Crippen molar-refractivity contribution < 1.29 is 4.74 Å². The average Bonchev–Trinajstić information content (AvgIpc) is 2.45. The highest BCUT2D eigenvalue weighted by Gasteiger charge is 2.26. The van der Waals surface area contributed by atoms with E-state index in [0.717, 1.165) is 34.8 Å². The zero-order chi connectivity index (χ0) is 15.0. The van der Waals surface area contributed by atoms with Crippen molar-refractivity contribution in [1.82, 2.24) is 9.97 Å². The van der Waals surface area contributed by atoms with Crippen molar-refractivity contribution in [3.63, 3.8) is 0 Å². The molecule has 0 fully saturated rings. The van der Waals surface area contributed by atoms with E-state index in [1.54, 1.807) is 0 Å². The standard InChI is InChI=1S/C17H19ClN2O/c1-10(2)15-11(3)19-17(20-16(15)18)13-8-9-21-14-7-5-4-6-12(13)14/h4-7,10,13H,8-9H2,1-3H3. The minimum absolute atomic E-state index is 0.160. The van der Waals surface area contributed by atoms with Crippen molar-refractivity contribution in [1.29, 1.82) is 0 Å². The zero-order valence-corrected chi connectivity index (χ0v) is 13.3. The molecule has 0 saturated heterocycles. The smallest absolute Gasteiger partial charge is 0.138 e. The molecular weight excluding hydrogens is 284 g/mol. The first-order valence-electron chi connectivity index (χ1n) is 7.33. The van der Waals surface area contributed by atoms with Crippen LogP contribution in [0.15, 0.2) is 24.3 Å². The number of para-hydroxylation sites is 1. The first-order chi connectivity index (χ1) is 10.1. The van der Waals surface area contributed by atoms with E-state index in [9.17, 15) is 0 Å². The minimum Gasteiger partial charge on any atom is -0.493 e. The van der Waals surface area contributed by atoms with Crippen LogP contribution >= 0.6 is 11.6 Å². The van der Waals surface area contributed by atoms with Gasteiger partial charge in [-0.15, -0.1) is 0 Å². The highest BCUT2D eigenvalue weighted by molar-refractivity contribution is 6.30. The highest BCUT2D eigenvalue weighted by Crippen LogP contribution is 2.37. The topological polar surface area (TPSA) is 35.0 Å². The molecule has 1 unspecified atom stereocenters. The van der Waals surface area contributed by atoms with Crippen molar-refractivity contribution in [2.24, 2.45) is 0 Å². The Morgan fingerprint density at radius 2 is 2.00 bits per heavy atom. The molecule has 0 spiro atoms. The lowest BCUT2D eigenvalue weighted by atomic mass is 9.92. The number of rotatable bonds is 2. The normalized spacial score (nSPS) is 17.5. The minimum atomic E-state index is 0.160. The molecule has 1 aromatic carbocycles. The molecule has 1 atom stereocenters. The second-order valence-corrected chi connectivity index (χ2v) is 6.11. The molecule has 1 aliphatic rings. The van der Waals surface area contributed by atoms with Gasteiger partial charge in [0.05, 0.1) is 12.5 Å². The lowest BCUT2D eigenvalue weighted by molar-refractivity contribution is 0.274. The number of halogens is 1. The molecule has 0 radical (unpaired) electrons. The van der Waals surface area contributed by atoms with Gasteiger partial charge < -0.3 is 4.74 Å². The first kappa shape index (κ1) is 14.3. The van der Waals surface area contributed by atoms with Crippen LogP contribution in [0.3, 0.4) is 0 Å². The Hall–Kier alpha value is -1.61. The maximum Gasteiger partial charge on any atom is 0.138 e. The van der Waals surface area contributed by atoms with Gasteiger partial charge >= 0.3 is 0 Å². The van der Waals surface area contributed by atoms with E-state index in [1.165, 1.54) is 0 Å². The summed E-state index contributed by atoms with van der Waals surface area (Å²) in [5.41, 5.74) is 3.17. The van der Waals surface area contributed by atoms with E-state index in [2.05, 4.69) is 24.9 Å². The fraction of sp³-hybridized carbons (Fsp3) is 0.412. The van der Waals surface area contributed by atoms with Crippen LogP contribution in [0.2, 0.25) is 5.15 Å². The summed E-state index contributed by atoms with van der Waals surface area (Å²) in [6.45, 7) is 6.92. The lowest BCUT2D eigenvalue weighted by Gasteiger charge is -2.25. The van der Waals surface area contributed by atoms with Crippen molar-refractivity contribution >= 4 is 11.6 Å². The Morgan fingerprint density at radius 1 is 1.24 bits per heavy atom. The van der Waals surface area contributed by atoms with E-state index in [4.69, 9.17) is 21.3 Å². The van der Waals surface area contributed by atoms with Gasteiger partial charge in [0.25, 0.3) is 0 Å². The number of nitrogens with zero attached hydrogens (tertiary/aromatic N) is 2. The maximum absolute atomic E-state index is 6.39. The molecule has 0 aliphatic carbocycles. The third kappa shape index (κ3) is 2.62. The highest BCUT2D eigenvalue weighted by atomic mass is 35.5. The quantitative estimate of drug-likeness (QED) is 0.767. The van der Waals surface area contributed by atoms with Crippen LogP contribution in [0.25, 0.3) is 0 Å². The molecule has 1 aromatic heterocycles. The van der Waals surface area contributed by atoms with Crippen molar-refractivity contribution in [2.45, 2.75) is 39.0 Å². The molecule has 2 heterocycles. The van der Waals surface area contributed by atoms with Crippen molar-refractivity contribution in [2.75, 3.05) is 6.61 Å². The molecule has 0 N–H and O–H groups in total. The Balaban J connectivity index is 2.07. The van der Waals surface area contributed by atoms with Crippen molar-refractivity contribution in [3.8, 4) is 5.75 Å². The fourth-order valence-electron chi connectivity index (χ4n) is 2.99. The first-order valence-corrected chi connectivity index (χ1v) is 7.71. The molecule has 3 nitrogen and oxygen atoms in total. The summed E-state index contributed by atoms with van der Waals surface area (Å²) in [5.74, 6) is 2.22. The third-order valence-electron chi connectivity index (χ3n) is 3.95. The van der Waals surface area contributed by atoms with E-state index in [1.807, 2.05) is 25.1 Å². The molecule has 1 aliphatic heterocycles. The summed E-state index contributed by atoms with van der Waals surface area (Å²) in [5, 5.41) is 0.580. The Morgan fingerprint density at radius 3 is 2.71 bits per heavy atom. The van der Waals surface area contributed by atoms with Crippen LogP contribution < -0.4 is 4.74 Å². The van der Waals surface area contributed by atoms with E-state index in [-0.39, 0.29) is 5.92 Å².